The van der Waals surface area contributed by atoms with Gasteiger partial charge in [0.05, 0.1) is 11.0 Å². The van der Waals surface area contributed by atoms with Crippen LogP contribution in [-0.4, -0.2) is 25.6 Å². The Morgan fingerprint density at radius 1 is 0.946 bits per heavy atom. The van der Waals surface area contributed by atoms with Crippen molar-refractivity contribution in [2.45, 2.75) is 23.9 Å². The van der Waals surface area contributed by atoms with Crippen LogP contribution >= 0.6 is 11.8 Å². The molecule has 1 aromatic heterocycles. The van der Waals surface area contributed by atoms with Gasteiger partial charge in [0.25, 0.3) is 11.6 Å². The van der Waals surface area contributed by atoms with Gasteiger partial charge in [-0.05, 0) is 47.5 Å². The lowest BCUT2D eigenvalue weighted by Gasteiger charge is -2.16. The van der Waals surface area contributed by atoms with Crippen molar-refractivity contribution in [2.75, 3.05) is 0 Å². The summed E-state index contributed by atoms with van der Waals surface area (Å²) in [5.41, 5.74) is 2.35. The molecule has 5 rings (SSSR count). The Bertz CT molecular complexity index is 1570. The topological polar surface area (TPSA) is 103 Å². The van der Waals surface area contributed by atoms with Crippen LogP contribution in [0.4, 0.5) is 5.69 Å². The summed E-state index contributed by atoms with van der Waals surface area (Å²) in [6, 6.07) is 29.2. The van der Waals surface area contributed by atoms with E-state index >= 15 is 0 Å². The lowest BCUT2D eigenvalue weighted by atomic mass is 10.1. The second-order valence-corrected chi connectivity index (χ2v) is 9.42. The Morgan fingerprint density at radius 2 is 1.65 bits per heavy atom. The van der Waals surface area contributed by atoms with Gasteiger partial charge in [-0.3, -0.25) is 19.5 Å². The van der Waals surface area contributed by atoms with E-state index in [1.165, 1.54) is 23.9 Å². The first-order valence-electron chi connectivity index (χ1n) is 11.7. The van der Waals surface area contributed by atoms with Crippen LogP contribution in [0, 0.1) is 10.1 Å². The van der Waals surface area contributed by atoms with Crippen LogP contribution < -0.4 is 5.32 Å². The van der Waals surface area contributed by atoms with Crippen molar-refractivity contribution in [3.63, 3.8) is 0 Å². The quantitative estimate of drug-likeness (QED) is 0.154. The highest BCUT2D eigenvalue weighted by molar-refractivity contribution is 7.98. The van der Waals surface area contributed by atoms with Gasteiger partial charge in [-0.15, -0.1) is 10.2 Å². The number of thioether (sulfide) groups is 1. The molecular weight excluding hydrogens is 486 g/mol. The van der Waals surface area contributed by atoms with Crippen LogP contribution in [0.15, 0.2) is 102 Å². The number of nitro groups is 1. The molecule has 9 heteroatoms. The molecule has 0 spiro atoms. The molecule has 0 aliphatic rings. The minimum atomic E-state index is -0.479. The van der Waals surface area contributed by atoms with E-state index < -0.39 is 11.0 Å². The minimum absolute atomic E-state index is 0.00508. The fourth-order valence-electron chi connectivity index (χ4n) is 4.02. The van der Waals surface area contributed by atoms with Gasteiger partial charge in [0.2, 0.25) is 0 Å². The summed E-state index contributed by atoms with van der Waals surface area (Å²) in [6.07, 6.45) is 0. The first-order chi connectivity index (χ1) is 18.0. The number of rotatable bonds is 8. The van der Waals surface area contributed by atoms with E-state index in [4.69, 9.17) is 0 Å². The molecule has 0 radical (unpaired) electrons. The summed E-state index contributed by atoms with van der Waals surface area (Å²) in [5.74, 6) is 0.970. The highest BCUT2D eigenvalue weighted by atomic mass is 32.2. The van der Waals surface area contributed by atoms with Gasteiger partial charge in [-0.25, -0.2) is 0 Å². The van der Waals surface area contributed by atoms with Crippen LogP contribution in [0.3, 0.4) is 0 Å². The van der Waals surface area contributed by atoms with E-state index in [1.807, 2.05) is 78.2 Å². The molecule has 4 aromatic carbocycles. The molecule has 37 heavy (non-hydrogen) atoms. The first kappa shape index (κ1) is 24.2. The molecule has 0 aliphatic carbocycles. The number of benzene rings is 4. The molecule has 184 valence electrons. The Balaban J connectivity index is 1.44. The second-order valence-electron chi connectivity index (χ2n) is 8.48. The molecule has 5 aromatic rings. The van der Waals surface area contributed by atoms with E-state index in [-0.39, 0.29) is 11.6 Å². The van der Waals surface area contributed by atoms with Crippen LogP contribution in [0.5, 0.6) is 0 Å². The Hall–Kier alpha value is -4.50. The number of hydrogen-bond donors (Lipinski definition) is 1. The van der Waals surface area contributed by atoms with Gasteiger partial charge in [-0.2, -0.15) is 0 Å². The zero-order chi connectivity index (χ0) is 25.8. The molecule has 0 aliphatic heterocycles. The third-order valence-corrected chi connectivity index (χ3v) is 6.93. The molecule has 0 fully saturated rings. The van der Waals surface area contributed by atoms with Crippen molar-refractivity contribution in [3.8, 4) is 5.69 Å². The van der Waals surface area contributed by atoms with Gasteiger partial charge in [0.15, 0.2) is 11.0 Å². The smallest absolute Gasteiger partial charge is 0.269 e. The number of carbonyl (C=O) groups is 1. The van der Waals surface area contributed by atoms with E-state index in [0.717, 1.165) is 16.3 Å². The third-order valence-electron chi connectivity index (χ3n) is 5.93. The SMILES string of the molecule is CC(NC(=O)c1ccc2ccccc2c1)c1nnc(SCc2ccccc2)n1-c1ccc([N+](=O)[O-])cc1. The minimum Gasteiger partial charge on any atom is -0.342 e. The number of nitrogens with one attached hydrogen (secondary N) is 1. The Labute approximate surface area is 217 Å². The third kappa shape index (κ3) is 5.36. The predicted molar refractivity (Wildman–Crippen MR) is 144 cm³/mol. The van der Waals surface area contributed by atoms with Crippen LogP contribution in [0.2, 0.25) is 0 Å². The van der Waals surface area contributed by atoms with Crippen molar-refractivity contribution in [3.05, 3.63) is 124 Å². The van der Waals surface area contributed by atoms with Crippen molar-refractivity contribution in [1.82, 2.24) is 20.1 Å². The number of aromatic nitrogens is 3. The highest BCUT2D eigenvalue weighted by Crippen LogP contribution is 2.28. The number of hydrogen-bond acceptors (Lipinski definition) is 6. The zero-order valence-electron chi connectivity index (χ0n) is 19.9. The zero-order valence-corrected chi connectivity index (χ0v) is 20.8. The van der Waals surface area contributed by atoms with E-state index in [1.54, 1.807) is 18.2 Å². The van der Waals surface area contributed by atoms with Gasteiger partial charge < -0.3 is 5.32 Å². The molecule has 1 amide bonds. The average Bonchev–Trinajstić information content (AvgIpc) is 3.36. The van der Waals surface area contributed by atoms with Crippen molar-refractivity contribution in [2.24, 2.45) is 0 Å². The summed E-state index contributed by atoms with van der Waals surface area (Å²) in [5, 5.41) is 25.7. The monoisotopic (exact) mass is 509 g/mol. The first-order valence-corrected chi connectivity index (χ1v) is 12.6. The van der Waals surface area contributed by atoms with Crippen molar-refractivity contribution in [1.29, 1.82) is 0 Å². The average molecular weight is 510 g/mol. The summed E-state index contributed by atoms with van der Waals surface area (Å²) < 4.78 is 1.84. The maximum Gasteiger partial charge on any atom is 0.269 e. The maximum atomic E-state index is 13.1. The number of fused-ring (bicyclic) bond motifs is 1. The lowest BCUT2D eigenvalue weighted by molar-refractivity contribution is -0.384. The number of nitrogens with zero attached hydrogens (tertiary/aromatic N) is 4. The molecular formula is C28H23N5O3S. The second kappa shape index (κ2) is 10.6. The van der Waals surface area contributed by atoms with Crippen molar-refractivity contribution < 1.29 is 9.72 Å². The largest absolute Gasteiger partial charge is 0.342 e. The summed E-state index contributed by atoms with van der Waals surface area (Å²) in [6.45, 7) is 1.84. The van der Waals surface area contributed by atoms with Gasteiger partial charge in [-0.1, -0.05) is 72.4 Å². The van der Waals surface area contributed by atoms with E-state index in [9.17, 15) is 14.9 Å². The summed E-state index contributed by atoms with van der Waals surface area (Å²) >= 11 is 1.50. The maximum absolute atomic E-state index is 13.1. The molecule has 1 atom stereocenters. The van der Waals surface area contributed by atoms with Gasteiger partial charge >= 0.3 is 0 Å². The van der Waals surface area contributed by atoms with Gasteiger partial charge in [0.1, 0.15) is 0 Å². The predicted octanol–water partition coefficient (Wildman–Crippen LogP) is 6.11. The van der Waals surface area contributed by atoms with Gasteiger partial charge in [0, 0.05) is 29.1 Å². The van der Waals surface area contributed by atoms with Crippen LogP contribution in [-0.2, 0) is 5.75 Å². The fraction of sp³-hybridized carbons (Fsp3) is 0.107. The summed E-state index contributed by atoms with van der Waals surface area (Å²) in [4.78, 5) is 23.8. The lowest BCUT2D eigenvalue weighted by Crippen LogP contribution is -2.28. The summed E-state index contributed by atoms with van der Waals surface area (Å²) in [7, 11) is 0. The van der Waals surface area contributed by atoms with Crippen LogP contribution in [0.1, 0.15) is 34.7 Å². The molecule has 0 saturated carbocycles. The number of amides is 1. The van der Waals surface area contributed by atoms with Crippen LogP contribution in [0.25, 0.3) is 16.5 Å². The molecule has 0 bridgehead atoms. The molecule has 1 N–H and O–H groups in total. The van der Waals surface area contributed by atoms with E-state index in [2.05, 4.69) is 15.5 Å². The molecule has 1 heterocycles. The number of nitro benzene ring substituents is 1. The highest BCUT2D eigenvalue weighted by Gasteiger charge is 2.22. The molecule has 1 unspecified atom stereocenters. The fourth-order valence-corrected chi connectivity index (χ4v) is 4.93. The molecule has 0 saturated heterocycles. The van der Waals surface area contributed by atoms with E-state index in [0.29, 0.717) is 28.0 Å². The normalized spacial score (nSPS) is 11.8. The van der Waals surface area contributed by atoms with Crippen molar-refractivity contribution >= 4 is 34.1 Å². The Kier molecular flexibility index (Phi) is 6.96. The number of carbonyl (C=O) groups excluding carboxylic acids is 1. The standard InChI is InChI=1S/C28H23N5O3S/c1-19(29-27(34)23-12-11-21-9-5-6-10-22(21)17-23)26-30-31-28(37-18-20-7-3-2-4-8-20)32(26)24-13-15-25(16-14-24)33(35)36/h2-17,19H,18H2,1H3,(H,29,34). The number of non-ortho nitro benzene ring substituents is 1. The Morgan fingerprint density at radius 3 is 2.38 bits per heavy atom. The molecule has 8 nitrogen and oxygen atoms in total.